The Hall–Kier alpha value is -1.58. The number of rotatable bonds is 3. The fourth-order valence-electron chi connectivity index (χ4n) is 2.87. The van der Waals surface area contributed by atoms with Crippen molar-refractivity contribution < 1.29 is 9.90 Å². The fraction of sp³-hybridized carbons (Fsp3) is 0.600. The maximum atomic E-state index is 11.0. The van der Waals surface area contributed by atoms with E-state index in [-0.39, 0.29) is 5.56 Å². The minimum Gasteiger partial charge on any atom is -0.478 e. The van der Waals surface area contributed by atoms with Gasteiger partial charge in [-0.3, -0.25) is 0 Å². The van der Waals surface area contributed by atoms with Crippen LogP contribution in [0, 0.1) is 6.92 Å². The molecular formula is C15H22N2O2. The summed E-state index contributed by atoms with van der Waals surface area (Å²) >= 11 is 0. The van der Waals surface area contributed by atoms with Gasteiger partial charge in [0.25, 0.3) is 0 Å². The maximum absolute atomic E-state index is 11.0. The molecule has 1 aromatic rings. The highest BCUT2D eigenvalue weighted by Gasteiger charge is 2.22. The van der Waals surface area contributed by atoms with Gasteiger partial charge in [0.2, 0.25) is 0 Å². The van der Waals surface area contributed by atoms with Crippen molar-refractivity contribution >= 4 is 11.8 Å². The van der Waals surface area contributed by atoms with E-state index in [2.05, 4.69) is 16.8 Å². The fourth-order valence-corrected chi connectivity index (χ4v) is 2.87. The number of pyridine rings is 1. The predicted molar refractivity (Wildman–Crippen MR) is 75.8 cm³/mol. The molecule has 1 saturated heterocycles. The number of aromatic nitrogens is 1. The molecule has 0 bridgehead atoms. The summed E-state index contributed by atoms with van der Waals surface area (Å²) < 4.78 is 0. The first-order chi connectivity index (χ1) is 9.13. The van der Waals surface area contributed by atoms with Crippen molar-refractivity contribution in [1.82, 2.24) is 4.98 Å². The first kappa shape index (κ1) is 13.8. The van der Waals surface area contributed by atoms with Gasteiger partial charge in [0.05, 0.1) is 5.56 Å². The molecule has 0 saturated carbocycles. The molecule has 0 aromatic carbocycles. The minimum absolute atomic E-state index is 0.268. The summed E-state index contributed by atoms with van der Waals surface area (Å²) in [7, 11) is 0. The Morgan fingerprint density at radius 2 is 2.26 bits per heavy atom. The molecule has 1 aliphatic heterocycles. The molecule has 19 heavy (non-hydrogen) atoms. The third-order valence-electron chi connectivity index (χ3n) is 3.92. The third kappa shape index (κ3) is 3.06. The van der Waals surface area contributed by atoms with Crippen molar-refractivity contribution in [2.24, 2.45) is 0 Å². The number of aromatic carboxylic acids is 1. The van der Waals surface area contributed by atoms with Crippen LogP contribution in [-0.2, 0) is 0 Å². The van der Waals surface area contributed by atoms with E-state index < -0.39 is 5.97 Å². The highest BCUT2D eigenvalue weighted by atomic mass is 16.4. The van der Waals surface area contributed by atoms with Crippen LogP contribution < -0.4 is 4.90 Å². The second-order valence-electron chi connectivity index (χ2n) is 5.27. The number of aryl methyl sites for hydroxylation is 1. The zero-order valence-electron chi connectivity index (χ0n) is 11.7. The van der Waals surface area contributed by atoms with Crippen LogP contribution in [0.1, 0.15) is 54.9 Å². The number of anilines is 1. The lowest BCUT2D eigenvalue weighted by Gasteiger charge is -2.31. The van der Waals surface area contributed by atoms with E-state index in [9.17, 15) is 4.79 Å². The van der Waals surface area contributed by atoms with Gasteiger partial charge in [-0.15, -0.1) is 0 Å². The van der Waals surface area contributed by atoms with Gasteiger partial charge in [0.1, 0.15) is 5.82 Å². The highest BCUT2D eigenvalue weighted by Crippen LogP contribution is 2.27. The Morgan fingerprint density at radius 1 is 1.47 bits per heavy atom. The number of carbonyl (C=O) groups is 1. The van der Waals surface area contributed by atoms with Crippen LogP contribution in [0.3, 0.4) is 0 Å². The van der Waals surface area contributed by atoms with E-state index in [4.69, 9.17) is 5.11 Å². The summed E-state index contributed by atoms with van der Waals surface area (Å²) in [5.74, 6) is 0.0452. The second-order valence-corrected chi connectivity index (χ2v) is 5.27. The van der Waals surface area contributed by atoms with Crippen molar-refractivity contribution in [3.63, 3.8) is 0 Å². The number of carboxylic acid groups (broad SMARTS) is 1. The topological polar surface area (TPSA) is 53.4 Å². The van der Waals surface area contributed by atoms with E-state index in [1.165, 1.54) is 31.9 Å². The van der Waals surface area contributed by atoms with Gasteiger partial charge in [-0.2, -0.15) is 0 Å². The molecule has 0 spiro atoms. The lowest BCUT2D eigenvalue weighted by Crippen LogP contribution is -2.35. The van der Waals surface area contributed by atoms with Gasteiger partial charge in [-0.1, -0.05) is 19.8 Å². The van der Waals surface area contributed by atoms with Crippen LogP contribution in [0.15, 0.2) is 12.3 Å². The smallest absolute Gasteiger partial charge is 0.337 e. The standard InChI is InChI=1S/C15H22N2O2/c1-3-13-7-5-4-6-8-17(13)14-11(2)9-12(10-16-14)15(18)19/h9-10,13H,3-8H2,1-2H3,(H,18,19). The van der Waals surface area contributed by atoms with Gasteiger partial charge >= 0.3 is 5.97 Å². The molecule has 0 amide bonds. The van der Waals surface area contributed by atoms with Crippen molar-refractivity contribution in [3.05, 3.63) is 23.4 Å². The zero-order chi connectivity index (χ0) is 13.8. The molecule has 1 unspecified atom stereocenters. The number of hydrogen-bond acceptors (Lipinski definition) is 3. The van der Waals surface area contributed by atoms with Crippen LogP contribution >= 0.6 is 0 Å². The predicted octanol–water partition coefficient (Wildman–Crippen LogP) is 3.25. The van der Waals surface area contributed by atoms with Gasteiger partial charge in [0.15, 0.2) is 0 Å². The molecule has 1 aliphatic rings. The van der Waals surface area contributed by atoms with Crippen LogP contribution in [-0.4, -0.2) is 28.6 Å². The van der Waals surface area contributed by atoms with Gasteiger partial charge in [0, 0.05) is 18.8 Å². The lowest BCUT2D eigenvalue weighted by atomic mass is 10.1. The number of nitrogens with zero attached hydrogens (tertiary/aromatic N) is 2. The molecule has 2 heterocycles. The molecule has 0 aliphatic carbocycles. The Kier molecular flexibility index (Phi) is 4.40. The zero-order valence-corrected chi connectivity index (χ0v) is 11.7. The van der Waals surface area contributed by atoms with E-state index in [1.54, 1.807) is 6.07 Å². The molecule has 1 N–H and O–H groups in total. The molecule has 1 fully saturated rings. The summed E-state index contributed by atoms with van der Waals surface area (Å²) in [5, 5.41) is 9.00. The van der Waals surface area contributed by atoms with Gasteiger partial charge < -0.3 is 10.0 Å². The van der Waals surface area contributed by atoms with Crippen molar-refractivity contribution in [1.29, 1.82) is 0 Å². The monoisotopic (exact) mass is 262 g/mol. The largest absolute Gasteiger partial charge is 0.478 e. The Morgan fingerprint density at radius 3 is 2.89 bits per heavy atom. The summed E-state index contributed by atoms with van der Waals surface area (Å²) in [6.45, 7) is 5.19. The first-order valence-electron chi connectivity index (χ1n) is 7.10. The molecule has 1 atom stereocenters. The van der Waals surface area contributed by atoms with Gasteiger partial charge in [-0.05, 0) is 37.8 Å². The quantitative estimate of drug-likeness (QED) is 0.908. The van der Waals surface area contributed by atoms with Crippen LogP contribution in [0.2, 0.25) is 0 Å². The lowest BCUT2D eigenvalue weighted by molar-refractivity contribution is 0.0696. The third-order valence-corrected chi connectivity index (χ3v) is 3.92. The summed E-state index contributed by atoms with van der Waals surface area (Å²) in [4.78, 5) is 17.7. The van der Waals surface area contributed by atoms with Crippen molar-refractivity contribution in [2.45, 2.75) is 52.0 Å². The van der Waals surface area contributed by atoms with Gasteiger partial charge in [-0.25, -0.2) is 9.78 Å². The SMILES string of the molecule is CCC1CCCCCN1c1ncc(C(=O)O)cc1C. The highest BCUT2D eigenvalue weighted by molar-refractivity contribution is 5.87. The molecule has 2 rings (SSSR count). The summed E-state index contributed by atoms with van der Waals surface area (Å²) in [5.41, 5.74) is 1.23. The Balaban J connectivity index is 2.30. The van der Waals surface area contributed by atoms with E-state index in [1.807, 2.05) is 6.92 Å². The number of hydrogen-bond donors (Lipinski definition) is 1. The number of carboxylic acids is 1. The van der Waals surface area contributed by atoms with Crippen LogP contribution in [0.4, 0.5) is 5.82 Å². The maximum Gasteiger partial charge on any atom is 0.337 e. The molecule has 1 aromatic heterocycles. The Bertz CT molecular complexity index is 459. The summed E-state index contributed by atoms with van der Waals surface area (Å²) in [6.07, 6.45) is 7.54. The molecule has 4 heteroatoms. The van der Waals surface area contributed by atoms with Crippen molar-refractivity contribution in [3.8, 4) is 0 Å². The van der Waals surface area contributed by atoms with Crippen molar-refractivity contribution in [2.75, 3.05) is 11.4 Å². The molecule has 0 radical (unpaired) electrons. The second kappa shape index (κ2) is 6.04. The minimum atomic E-state index is -0.912. The van der Waals surface area contributed by atoms with Crippen LogP contribution in [0.5, 0.6) is 0 Å². The normalized spacial score (nSPS) is 20.1. The average Bonchev–Trinajstić information content (AvgIpc) is 2.63. The van der Waals surface area contributed by atoms with E-state index in [0.29, 0.717) is 6.04 Å². The molecule has 4 nitrogen and oxygen atoms in total. The molecular weight excluding hydrogens is 240 g/mol. The summed E-state index contributed by atoms with van der Waals surface area (Å²) in [6, 6.07) is 2.26. The van der Waals surface area contributed by atoms with Crippen LogP contribution in [0.25, 0.3) is 0 Å². The first-order valence-corrected chi connectivity index (χ1v) is 7.10. The molecule has 104 valence electrons. The Labute approximate surface area is 114 Å². The van der Waals surface area contributed by atoms with E-state index >= 15 is 0 Å². The average molecular weight is 262 g/mol. The van der Waals surface area contributed by atoms with E-state index in [0.717, 1.165) is 24.3 Å².